The van der Waals surface area contributed by atoms with E-state index in [4.69, 9.17) is 0 Å². The summed E-state index contributed by atoms with van der Waals surface area (Å²) in [6.45, 7) is 6.20. The number of urea groups is 1. The summed E-state index contributed by atoms with van der Waals surface area (Å²) in [5, 5.41) is 8.34. The lowest BCUT2D eigenvalue weighted by Crippen LogP contribution is -2.39. The van der Waals surface area contributed by atoms with E-state index in [0.29, 0.717) is 13.1 Å². The quantitative estimate of drug-likeness (QED) is 0.589. The summed E-state index contributed by atoms with van der Waals surface area (Å²) < 4.78 is 1.99. The van der Waals surface area contributed by atoms with Crippen LogP contribution in [0.4, 0.5) is 4.79 Å². The van der Waals surface area contributed by atoms with E-state index in [2.05, 4.69) is 28.4 Å². The number of thioether (sulfide) groups is 1. The zero-order valence-corrected chi connectivity index (χ0v) is 15.3. The second-order valence-electron chi connectivity index (χ2n) is 5.67. The third kappa shape index (κ3) is 5.88. The van der Waals surface area contributed by atoms with Crippen molar-refractivity contribution in [2.45, 2.75) is 31.8 Å². The van der Waals surface area contributed by atoms with Crippen LogP contribution in [-0.4, -0.2) is 51.6 Å². The maximum absolute atomic E-state index is 12.0. The van der Waals surface area contributed by atoms with Crippen LogP contribution in [0.15, 0.2) is 35.5 Å². The minimum absolute atomic E-state index is 0.0370. The molecule has 0 aliphatic heterocycles. The molecule has 130 valence electrons. The fourth-order valence-electron chi connectivity index (χ4n) is 2.34. The minimum atomic E-state index is -0.0370. The molecule has 0 radical (unpaired) electrons. The van der Waals surface area contributed by atoms with Crippen molar-refractivity contribution >= 4 is 17.8 Å². The number of carbonyl (C=O) groups excluding carboxylic acids is 1. The highest BCUT2D eigenvalue weighted by Crippen LogP contribution is 2.12. The summed E-state index contributed by atoms with van der Waals surface area (Å²) in [5.41, 5.74) is 2.19. The van der Waals surface area contributed by atoms with Crippen LogP contribution < -0.4 is 5.32 Å². The Morgan fingerprint density at radius 2 is 2.21 bits per heavy atom. The molecule has 1 N–H and O–H groups in total. The second kappa shape index (κ2) is 9.32. The van der Waals surface area contributed by atoms with Gasteiger partial charge in [0.25, 0.3) is 0 Å². The summed E-state index contributed by atoms with van der Waals surface area (Å²) in [4.78, 5) is 18.0. The van der Waals surface area contributed by atoms with Gasteiger partial charge in [-0.05, 0) is 38.5 Å². The molecular weight excluding hydrogens is 322 g/mol. The largest absolute Gasteiger partial charge is 0.337 e. The van der Waals surface area contributed by atoms with Crippen LogP contribution in [0.2, 0.25) is 0 Å². The molecule has 0 saturated heterocycles. The molecule has 0 saturated carbocycles. The molecule has 2 aromatic heterocycles. The Balaban J connectivity index is 1.60. The van der Waals surface area contributed by atoms with Gasteiger partial charge in [0, 0.05) is 44.3 Å². The number of nitrogens with one attached hydrogen (secondary N) is 1. The Hall–Kier alpha value is -2.02. The number of amides is 2. The van der Waals surface area contributed by atoms with Gasteiger partial charge < -0.3 is 10.2 Å². The normalized spacial score (nSPS) is 10.6. The Labute approximate surface area is 147 Å². The molecule has 0 aromatic carbocycles. The average Bonchev–Trinajstić information content (AvgIpc) is 2.90. The molecule has 0 aliphatic carbocycles. The van der Waals surface area contributed by atoms with E-state index >= 15 is 0 Å². The van der Waals surface area contributed by atoms with Gasteiger partial charge in [0.15, 0.2) is 0 Å². The maximum atomic E-state index is 12.0. The van der Waals surface area contributed by atoms with Crippen LogP contribution in [0.25, 0.3) is 0 Å². The summed E-state index contributed by atoms with van der Waals surface area (Å²) in [6, 6.07) is 7.86. The van der Waals surface area contributed by atoms with Crippen molar-refractivity contribution in [3.63, 3.8) is 0 Å². The molecule has 0 spiro atoms. The van der Waals surface area contributed by atoms with E-state index in [0.717, 1.165) is 35.1 Å². The topological polar surface area (TPSA) is 63.1 Å². The van der Waals surface area contributed by atoms with Crippen molar-refractivity contribution in [1.82, 2.24) is 25.0 Å². The van der Waals surface area contributed by atoms with Gasteiger partial charge in [0.2, 0.25) is 0 Å². The van der Waals surface area contributed by atoms with E-state index < -0.39 is 0 Å². The summed E-state index contributed by atoms with van der Waals surface area (Å²) in [7, 11) is 1.82. The number of carbonyl (C=O) groups is 1. The van der Waals surface area contributed by atoms with E-state index in [9.17, 15) is 4.79 Å². The van der Waals surface area contributed by atoms with Gasteiger partial charge in [0.1, 0.15) is 0 Å². The highest BCUT2D eigenvalue weighted by atomic mass is 32.2. The van der Waals surface area contributed by atoms with Crippen LogP contribution in [0, 0.1) is 13.8 Å². The average molecular weight is 347 g/mol. The molecule has 0 atom stereocenters. The van der Waals surface area contributed by atoms with E-state index in [1.165, 1.54) is 0 Å². The third-order valence-corrected chi connectivity index (χ3v) is 4.52. The molecule has 0 aliphatic rings. The molecule has 2 heterocycles. The van der Waals surface area contributed by atoms with E-state index in [1.807, 2.05) is 36.9 Å². The SMILES string of the molecule is Cc1cc(C)n(CCCN(C)C(=O)NCCSc2ccccn2)n1. The predicted octanol–water partition coefficient (Wildman–Crippen LogP) is 2.72. The van der Waals surface area contributed by atoms with Crippen molar-refractivity contribution in [3.05, 3.63) is 41.9 Å². The molecule has 7 heteroatoms. The van der Waals surface area contributed by atoms with Crippen molar-refractivity contribution in [3.8, 4) is 0 Å². The first-order chi connectivity index (χ1) is 11.6. The molecule has 24 heavy (non-hydrogen) atoms. The Bertz CT molecular complexity index is 644. The molecular formula is C17H25N5OS. The van der Waals surface area contributed by atoms with Gasteiger partial charge >= 0.3 is 6.03 Å². The highest BCUT2D eigenvalue weighted by Gasteiger charge is 2.08. The summed E-state index contributed by atoms with van der Waals surface area (Å²) in [5.74, 6) is 0.808. The van der Waals surface area contributed by atoms with Crippen molar-refractivity contribution in [2.24, 2.45) is 0 Å². The van der Waals surface area contributed by atoms with Crippen LogP contribution in [0.1, 0.15) is 17.8 Å². The lowest BCUT2D eigenvalue weighted by Gasteiger charge is -2.18. The molecule has 0 fully saturated rings. The number of aryl methyl sites for hydroxylation is 3. The van der Waals surface area contributed by atoms with E-state index in [1.54, 1.807) is 22.9 Å². The minimum Gasteiger partial charge on any atom is -0.337 e. The van der Waals surface area contributed by atoms with Gasteiger partial charge in [-0.1, -0.05) is 6.07 Å². The molecule has 2 amide bonds. The summed E-state index contributed by atoms with van der Waals surface area (Å²) in [6.07, 6.45) is 2.66. The fraction of sp³-hybridized carbons (Fsp3) is 0.471. The predicted molar refractivity (Wildman–Crippen MR) is 97.3 cm³/mol. The lowest BCUT2D eigenvalue weighted by molar-refractivity contribution is 0.208. The van der Waals surface area contributed by atoms with Gasteiger partial charge in [-0.3, -0.25) is 4.68 Å². The maximum Gasteiger partial charge on any atom is 0.317 e. The molecule has 0 unspecified atom stereocenters. The van der Waals surface area contributed by atoms with E-state index in [-0.39, 0.29) is 6.03 Å². The Morgan fingerprint density at radius 1 is 1.38 bits per heavy atom. The summed E-state index contributed by atoms with van der Waals surface area (Å²) >= 11 is 1.64. The Morgan fingerprint density at radius 3 is 2.88 bits per heavy atom. The number of hydrogen-bond acceptors (Lipinski definition) is 4. The fourth-order valence-corrected chi connectivity index (χ4v) is 3.06. The second-order valence-corrected chi connectivity index (χ2v) is 6.79. The standard InChI is InChI=1S/C17H25N5OS/c1-14-13-15(2)22(20-14)11-6-10-21(3)17(23)19-9-12-24-16-7-4-5-8-18-16/h4-5,7-8,13H,6,9-12H2,1-3H3,(H,19,23). The van der Waals surface area contributed by atoms with Gasteiger partial charge in [-0.15, -0.1) is 11.8 Å². The zero-order valence-electron chi connectivity index (χ0n) is 14.5. The first-order valence-electron chi connectivity index (χ1n) is 8.10. The smallest absolute Gasteiger partial charge is 0.317 e. The van der Waals surface area contributed by atoms with Gasteiger partial charge in [-0.25, -0.2) is 9.78 Å². The van der Waals surface area contributed by atoms with Crippen molar-refractivity contribution in [2.75, 3.05) is 25.9 Å². The zero-order chi connectivity index (χ0) is 17.4. The van der Waals surface area contributed by atoms with Crippen LogP contribution in [-0.2, 0) is 6.54 Å². The monoisotopic (exact) mass is 347 g/mol. The molecule has 0 bridgehead atoms. The van der Waals surface area contributed by atoms with Gasteiger partial charge in [0.05, 0.1) is 10.7 Å². The van der Waals surface area contributed by atoms with Crippen molar-refractivity contribution < 1.29 is 4.79 Å². The lowest BCUT2D eigenvalue weighted by atomic mass is 10.3. The highest BCUT2D eigenvalue weighted by molar-refractivity contribution is 7.99. The van der Waals surface area contributed by atoms with Crippen LogP contribution in [0.5, 0.6) is 0 Å². The number of aromatic nitrogens is 3. The first kappa shape index (κ1) is 18.3. The van der Waals surface area contributed by atoms with Crippen LogP contribution >= 0.6 is 11.8 Å². The van der Waals surface area contributed by atoms with Gasteiger partial charge in [-0.2, -0.15) is 5.10 Å². The third-order valence-electron chi connectivity index (χ3n) is 3.58. The number of nitrogens with zero attached hydrogens (tertiary/aromatic N) is 4. The first-order valence-corrected chi connectivity index (χ1v) is 9.08. The molecule has 2 rings (SSSR count). The Kier molecular flexibility index (Phi) is 7.11. The number of hydrogen-bond donors (Lipinski definition) is 1. The molecule has 6 nitrogen and oxygen atoms in total. The van der Waals surface area contributed by atoms with Crippen LogP contribution in [0.3, 0.4) is 0 Å². The number of pyridine rings is 1. The van der Waals surface area contributed by atoms with Crippen molar-refractivity contribution in [1.29, 1.82) is 0 Å². The molecule has 2 aromatic rings. The number of rotatable bonds is 8.